The summed E-state index contributed by atoms with van der Waals surface area (Å²) in [7, 11) is 0. The van der Waals surface area contributed by atoms with Crippen molar-refractivity contribution in [1.82, 2.24) is 24.4 Å². The zero-order chi connectivity index (χ0) is 29.2. The fraction of sp³-hybridized carbons (Fsp3) is 0.156. The van der Waals surface area contributed by atoms with E-state index in [1.165, 1.54) is 22.8 Å². The first-order valence-electron chi connectivity index (χ1n) is 13.5. The molecule has 0 atom stereocenters. The van der Waals surface area contributed by atoms with Crippen LogP contribution in [0.2, 0.25) is 0 Å². The summed E-state index contributed by atoms with van der Waals surface area (Å²) < 4.78 is 14.7. The van der Waals surface area contributed by atoms with Crippen LogP contribution in [0.5, 0.6) is 11.5 Å². The summed E-state index contributed by atoms with van der Waals surface area (Å²) >= 11 is 1.24. The summed E-state index contributed by atoms with van der Waals surface area (Å²) in [5.41, 5.74) is 4.62. The minimum absolute atomic E-state index is 0.294. The molecule has 0 aliphatic rings. The maximum absolute atomic E-state index is 13.5. The Kier molecular flexibility index (Phi) is 7.37. The van der Waals surface area contributed by atoms with Gasteiger partial charge in [0.2, 0.25) is 4.96 Å². The number of carbonyl (C=O) groups is 1. The van der Waals surface area contributed by atoms with E-state index in [0.717, 1.165) is 40.2 Å². The van der Waals surface area contributed by atoms with E-state index in [0.29, 0.717) is 33.2 Å². The molecule has 0 bridgehead atoms. The third-order valence-corrected chi connectivity index (χ3v) is 7.50. The van der Waals surface area contributed by atoms with Crippen molar-refractivity contribution in [2.24, 2.45) is 0 Å². The van der Waals surface area contributed by atoms with Gasteiger partial charge in [-0.1, -0.05) is 48.6 Å². The van der Waals surface area contributed by atoms with Gasteiger partial charge in [0.05, 0.1) is 22.4 Å². The number of fused-ring (bicyclic) bond motifs is 1. The Morgan fingerprint density at radius 1 is 1.00 bits per heavy atom. The summed E-state index contributed by atoms with van der Waals surface area (Å²) in [6.45, 7) is 6.08. The number of aromatic nitrogens is 5. The minimum Gasteiger partial charge on any atom is -0.494 e. The number of benzene rings is 3. The largest absolute Gasteiger partial charge is 0.494 e. The Bertz CT molecular complexity index is 2030. The van der Waals surface area contributed by atoms with E-state index < -0.39 is 5.97 Å². The predicted octanol–water partition coefficient (Wildman–Crippen LogP) is 5.24. The molecule has 3 heterocycles. The molecule has 0 amide bonds. The van der Waals surface area contributed by atoms with Gasteiger partial charge in [-0.15, -0.1) is 5.10 Å². The molecule has 3 aromatic carbocycles. The summed E-state index contributed by atoms with van der Waals surface area (Å²) in [5.74, 6) is 1.00. The average Bonchev–Trinajstić information content (AvgIpc) is 3.67. The number of hydrogen-bond acceptors (Lipinski definition) is 8. The summed E-state index contributed by atoms with van der Waals surface area (Å²) in [5, 5.41) is 9.38. The molecule has 3 aromatic heterocycles. The van der Waals surface area contributed by atoms with Crippen LogP contribution in [0.3, 0.4) is 0 Å². The number of hydrogen-bond donors (Lipinski definition) is 0. The third kappa shape index (κ3) is 5.31. The van der Waals surface area contributed by atoms with Crippen molar-refractivity contribution >= 4 is 28.3 Å². The molecule has 0 aliphatic carbocycles. The lowest BCUT2D eigenvalue weighted by Crippen LogP contribution is -2.23. The first kappa shape index (κ1) is 27.1. The number of carbonyl (C=O) groups excluding carboxylic acids is 1. The monoisotopic (exact) mass is 577 g/mol. The molecule has 0 fully saturated rings. The minimum atomic E-state index is -0.449. The van der Waals surface area contributed by atoms with E-state index in [1.54, 1.807) is 24.3 Å². The highest BCUT2D eigenvalue weighted by molar-refractivity contribution is 7.15. The van der Waals surface area contributed by atoms with E-state index >= 15 is 0 Å². The smallest absolute Gasteiger partial charge is 0.308 e. The molecule has 0 saturated carbocycles. The van der Waals surface area contributed by atoms with Gasteiger partial charge in [-0.25, -0.2) is 4.68 Å². The summed E-state index contributed by atoms with van der Waals surface area (Å²) in [6.07, 6.45) is 4.68. The Morgan fingerprint density at radius 2 is 1.79 bits per heavy atom. The summed E-state index contributed by atoms with van der Waals surface area (Å²) in [6, 6.07) is 22.8. The Hall–Kier alpha value is -5.09. The number of para-hydroxylation sites is 2. The fourth-order valence-corrected chi connectivity index (χ4v) is 5.51. The van der Waals surface area contributed by atoms with Gasteiger partial charge < -0.3 is 9.47 Å². The van der Waals surface area contributed by atoms with E-state index in [9.17, 15) is 9.59 Å². The van der Waals surface area contributed by atoms with Gasteiger partial charge >= 0.3 is 5.97 Å². The SMILES string of the molecule is CCCOc1ccc(-c2nn(-c3ccccc3)cc2C=c2sc3nc(-c4ccccc4OC(C)=O)nn3c2=O)c(C)c1. The number of ether oxygens (including phenoxy) is 2. The predicted molar refractivity (Wildman–Crippen MR) is 162 cm³/mol. The van der Waals surface area contributed by atoms with Crippen molar-refractivity contribution in [3.05, 3.63) is 105 Å². The lowest BCUT2D eigenvalue weighted by atomic mass is 10.0. The van der Waals surface area contributed by atoms with Crippen molar-refractivity contribution in [2.45, 2.75) is 27.2 Å². The molecule has 0 N–H and O–H groups in total. The van der Waals surface area contributed by atoms with Gasteiger partial charge in [0.1, 0.15) is 17.2 Å². The highest BCUT2D eigenvalue weighted by Crippen LogP contribution is 2.31. The molecule has 10 heteroatoms. The first-order chi connectivity index (χ1) is 20.4. The second-order valence-corrected chi connectivity index (χ2v) is 10.7. The molecule has 0 spiro atoms. The molecule has 9 nitrogen and oxygen atoms in total. The van der Waals surface area contributed by atoms with Crippen LogP contribution in [0.4, 0.5) is 0 Å². The quantitative estimate of drug-likeness (QED) is 0.180. The molecule has 6 aromatic rings. The molecule has 0 saturated heterocycles. The molecular weight excluding hydrogens is 550 g/mol. The Morgan fingerprint density at radius 3 is 2.52 bits per heavy atom. The van der Waals surface area contributed by atoms with Gasteiger partial charge in [0.25, 0.3) is 5.56 Å². The molecule has 6 rings (SSSR count). The first-order valence-corrected chi connectivity index (χ1v) is 14.3. The Labute approximate surface area is 245 Å². The standard InChI is InChI=1S/C32H27N5O4S/c1-4-16-40-24-14-15-25(20(2)17-24)29-22(19-36(34-29)23-10-6-5-7-11-23)18-28-31(39)37-32(42-28)33-30(35-37)26-12-8-9-13-27(26)41-21(3)38/h5-15,17-19H,4,16H2,1-3H3. The second-order valence-electron chi connectivity index (χ2n) is 9.67. The molecule has 42 heavy (non-hydrogen) atoms. The van der Waals surface area contributed by atoms with Crippen LogP contribution in [-0.2, 0) is 4.79 Å². The van der Waals surface area contributed by atoms with Crippen molar-refractivity contribution in [3.8, 4) is 39.8 Å². The van der Waals surface area contributed by atoms with Crippen molar-refractivity contribution in [3.63, 3.8) is 0 Å². The number of aryl methyl sites for hydroxylation is 1. The van der Waals surface area contributed by atoms with E-state index in [-0.39, 0.29) is 5.56 Å². The molecule has 0 aliphatic heterocycles. The van der Waals surface area contributed by atoms with E-state index in [4.69, 9.17) is 14.6 Å². The number of nitrogens with zero attached hydrogens (tertiary/aromatic N) is 5. The van der Waals surface area contributed by atoms with Crippen molar-refractivity contribution in [2.75, 3.05) is 6.61 Å². The average molecular weight is 578 g/mol. The number of thiazole rings is 1. The zero-order valence-electron chi connectivity index (χ0n) is 23.3. The van der Waals surface area contributed by atoms with E-state index in [2.05, 4.69) is 17.0 Å². The normalized spacial score (nSPS) is 11.7. The number of esters is 1. The maximum atomic E-state index is 13.5. The van der Waals surface area contributed by atoms with Crippen LogP contribution < -0.4 is 19.6 Å². The highest BCUT2D eigenvalue weighted by Gasteiger charge is 2.18. The highest BCUT2D eigenvalue weighted by atomic mass is 32.1. The molecule has 0 radical (unpaired) electrons. The van der Waals surface area contributed by atoms with Gasteiger partial charge in [-0.2, -0.15) is 14.6 Å². The van der Waals surface area contributed by atoms with Gasteiger partial charge in [-0.05, 0) is 67.4 Å². The van der Waals surface area contributed by atoms with Crippen molar-refractivity contribution < 1.29 is 14.3 Å². The number of rotatable bonds is 8. The van der Waals surface area contributed by atoms with Crippen LogP contribution in [0.15, 0.2) is 83.8 Å². The molecule has 0 unspecified atom stereocenters. The lowest BCUT2D eigenvalue weighted by molar-refractivity contribution is -0.131. The maximum Gasteiger partial charge on any atom is 0.308 e. The summed E-state index contributed by atoms with van der Waals surface area (Å²) in [4.78, 5) is 30.1. The topological polar surface area (TPSA) is 101 Å². The van der Waals surface area contributed by atoms with E-state index in [1.807, 2.05) is 72.4 Å². The van der Waals surface area contributed by atoms with Gasteiger partial charge in [0, 0.05) is 24.2 Å². The molecular formula is C32H27N5O4S. The molecule has 210 valence electrons. The van der Waals surface area contributed by atoms with Gasteiger partial charge in [-0.3, -0.25) is 9.59 Å². The van der Waals surface area contributed by atoms with Crippen LogP contribution in [0, 0.1) is 6.92 Å². The van der Waals surface area contributed by atoms with Crippen molar-refractivity contribution in [1.29, 1.82) is 0 Å². The van der Waals surface area contributed by atoms with Crippen LogP contribution in [0.1, 0.15) is 31.4 Å². The fourth-order valence-electron chi connectivity index (χ4n) is 4.61. The van der Waals surface area contributed by atoms with Crippen LogP contribution in [-0.4, -0.2) is 37.0 Å². The third-order valence-electron chi connectivity index (χ3n) is 6.54. The zero-order valence-corrected chi connectivity index (χ0v) is 24.1. The van der Waals surface area contributed by atoms with Crippen LogP contribution in [0.25, 0.3) is 39.4 Å². The Balaban J connectivity index is 1.45. The van der Waals surface area contributed by atoms with Gasteiger partial charge in [0.15, 0.2) is 5.82 Å². The second kappa shape index (κ2) is 11.4. The van der Waals surface area contributed by atoms with Crippen LogP contribution >= 0.6 is 11.3 Å². The lowest BCUT2D eigenvalue weighted by Gasteiger charge is -2.09.